The number of hydrogen-bond acceptors (Lipinski definition) is 2. The molecule has 1 saturated heterocycles. The molecule has 1 aliphatic heterocycles. The summed E-state index contributed by atoms with van der Waals surface area (Å²) in [6.45, 7) is 1.38. The van der Waals surface area contributed by atoms with Crippen molar-refractivity contribution in [2.24, 2.45) is 0 Å². The number of ether oxygens (including phenoxy) is 1. The molecule has 1 N–H and O–H groups in total. The van der Waals surface area contributed by atoms with Gasteiger partial charge in [-0.05, 0) is 25.0 Å². The van der Waals surface area contributed by atoms with Crippen molar-refractivity contribution in [1.29, 1.82) is 0 Å². The number of rotatable bonds is 2. The molecule has 5 heteroatoms. The maximum absolute atomic E-state index is 12.0. The molecule has 0 aliphatic carbocycles. The second-order valence-corrected chi connectivity index (χ2v) is 4.75. The third-order valence-electron chi connectivity index (χ3n) is 2.75. The first-order valence-corrected chi connectivity index (χ1v) is 6.26. The molecule has 0 saturated carbocycles. The van der Waals surface area contributed by atoms with Gasteiger partial charge in [0.1, 0.15) is 0 Å². The Bertz CT molecular complexity index is 417. The van der Waals surface area contributed by atoms with Gasteiger partial charge in [-0.15, -0.1) is 0 Å². The second kappa shape index (κ2) is 5.71. The summed E-state index contributed by atoms with van der Waals surface area (Å²) in [5.74, 6) is -0.176. The van der Waals surface area contributed by atoms with Gasteiger partial charge in [-0.3, -0.25) is 4.79 Å². The molecule has 0 bridgehead atoms. The van der Waals surface area contributed by atoms with Gasteiger partial charge in [0.15, 0.2) is 0 Å². The summed E-state index contributed by atoms with van der Waals surface area (Å²) in [7, 11) is 0. The third-order valence-corrected chi connectivity index (χ3v) is 3.57. The molecule has 3 nitrogen and oxygen atoms in total. The van der Waals surface area contributed by atoms with Crippen LogP contribution in [0.1, 0.15) is 23.2 Å². The molecule has 1 aliphatic rings. The van der Waals surface area contributed by atoms with Crippen LogP contribution in [0.15, 0.2) is 18.2 Å². The Morgan fingerprint density at radius 1 is 1.29 bits per heavy atom. The standard InChI is InChI=1S/C12H13Cl2NO2/c13-10-3-1-2-9(11(10)14)12(16)15-8-4-6-17-7-5-8/h1-3,8H,4-7H2,(H,15,16). The minimum absolute atomic E-state index is 0.159. The number of amides is 1. The Kier molecular flexibility index (Phi) is 4.26. The largest absolute Gasteiger partial charge is 0.381 e. The number of halogens is 2. The Labute approximate surface area is 110 Å². The summed E-state index contributed by atoms with van der Waals surface area (Å²) in [6.07, 6.45) is 1.67. The Balaban J connectivity index is 2.06. The first-order valence-electron chi connectivity index (χ1n) is 5.51. The van der Waals surface area contributed by atoms with E-state index >= 15 is 0 Å². The first-order chi connectivity index (χ1) is 8.18. The van der Waals surface area contributed by atoms with Gasteiger partial charge in [0.2, 0.25) is 0 Å². The highest BCUT2D eigenvalue weighted by molar-refractivity contribution is 6.43. The van der Waals surface area contributed by atoms with Crippen LogP contribution in [0.4, 0.5) is 0 Å². The molecule has 1 amide bonds. The van der Waals surface area contributed by atoms with E-state index in [1.54, 1.807) is 18.2 Å². The molecule has 0 unspecified atom stereocenters. The fourth-order valence-corrected chi connectivity index (χ4v) is 2.17. The number of hydrogen-bond donors (Lipinski definition) is 1. The summed E-state index contributed by atoms with van der Waals surface area (Å²) in [5.41, 5.74) is 0.422. The minimum atomic E-state index is -0.176. The zero-order chi connectivity index (χ0) is 12.3. The highest BCUT2D eigenvalue weighted by atomic mass is 35.5. The van der Waals surface area contributed by atoms with Crippen molar-refractivity contribution in [3.05, 3.63) is 33.8 Å². The molecule has 0 aromatic heterocycles. The molecule has 92 valence electrons. The Morgan fingerprint density at radius 3 is 2.71 bits per heavy atom. The lowest BCUT2D eigenvalue weighted by atomic mass is 10.1. The maximum Gasteiger partial charge on any atom is 0.253 e. The lowest BCUT2D eigenvalue weighted by Gasteiger charge is -2.23. The van der Waals surface area contributed by atoms with Crippen molar-refractivity contribution in [3.63, 3.8) is 0 Å². The molecule has 0 spiro atoms. The van der Waals surface area contributed by atoms with Crippen molar-refractivity contribution in [2.45, 2.75) is 18.9 Å². The highest BCUT2D eigenvalue weighted by Gasteiger charge is 2.19. The van der Waals surface area contributed by atoms with E-state index in [1.165, 1.54) is 0 Å². The predicted molar refractivity (Wildman–Crippen MR) is 67.8 cm³/mol. The molecule has 1 fully saturated rings. The maximum atomic E-state index is 12.0. The number of benzene rings is 1. The molecule has 1 aromatic carbocycles. The van der Waals surface area contributed by atoms with Gasteiger partial charge in [-0.1, -0.05) is 29.3 Å². The van der Waals surface area contributed by atoms with E-state index in [2.05, 4.69) is 5.32 Å². The van der Waals surface area contributed by atoms with E-state index in [-0.39, 0.29) is 11.9 Å². The second-order valence-electron chi connectivity index (χ2n) is 3.96. The van der Waals surface area contributed by atoms with Gasteiger partial charge >= 0.3 is 0 Å². The van der Waals surface area contributed by atoms with E-state index in [9.17, 15) is 4.79 Å². The fraction of sp³-hybridized carbons (Fsp3) is 0.417. The smallest absolute Gasteiger partial charge is 0.253 e. The topological polar surface area (TPSA) is 38.3 Å². The van der Waals surface area contributed by atoms with E-state index in [4.69, 9.17) is 27.9 Å². The number of carbonyl (C=O) groups excluding carboxylic acids is 1. The Morgan fingerprint density at radius 2 is 2.00 bits per heavy atom. The lowest BCUT2D eigenvalue weighted by molar-refractivity contribution is 0.0696. The van der Waals surface area contributed by atoms with Crippen LogP contribution in [-0.4, -0.2) is 25.2 Å². The van der Waals surface area contributed by atoms with E-state index < -0.39 is 0 Å². The summed E-state index contributed by atoms with van der Waals surface area (Å²) in [5, 5.41) is 3.64. The number of nitrogens with one attached hydrogen (secondary N) is 1. The summed E-state index contributed by atoms with van der Waals surface area (Å²) >= 11 is 11.9. The average molecular weight is 274 g/mol. The molecule has 1 aromatic rings. The summed E-state index contributed by atoms with van der Waals surface area (Å²) < 4.78 is 5.23. The van der Waals surface area contributed by atoms with Crippen molar-refractivity contribution >= 4 is 29.1 Å². The molecule has 0 radical (unpaired) electrons. The van der Waals surface area contributed by atoms with Gasteiger partial charge in [-0.25, -0.2) is 0 Å². The average Bonchev–Trinajstić information content (AvgIpc) is 2.34. The van der Waals surface area contributed by atoms with Gasteiger partial charge in [0.25, 0.3) is 5.91 Å². The van der Waals surface area contributed by atoms with Gasteiger partial charge in [0.05, 0.1) is 15.6 Å². The van der Waals surface area contributed by atoms with E-state index in [0.29, 0.717) is 28.8 Å². The van der Waals surface area contributed by atoms with Gasteiger partial charge < -0.3 is 10.1 Å². The van der Waals surface area contributed by atoms with Crippen molar-refractivity contribution in [1.82, 2.24) is 5.32 Å². The SMILES string of the molecule is O=C(NC1CCOCC1)c1cccc(Cl)c1Cl. The van der Waals surface area contributed by atoms with Crippen LogP contribution in [0.3, 0.4) is 0 Å². The Hall–Kier alpha value is -0.770. The summed E-state index contributed by atoms with van der Waals surface area (Å²) in [4.78, 5) is 12.0. The quantitative estimate of drug-likeness (QED) is 0.900. The van der Waals surface area contributed by atoms with Crippen LogP contribution in [-0.2, 0) is 4.74 Å². The predicted octanol–water partition coefficient (Wildman–Crippen LogP) is 2.90. The van der Waals surface area contributed by atoms with E-state index in [0.717, 1.165) is 12.8 Å². The normalized spacial score (nSPS) is 16.8. The molecule has 1 heterocycles. The minimum Gasteiger partial charge on any atom is -0.381 e. The third kappa shape index (κ3) is 3.12. The van der Waals surface area contributed by atoms with Crippen LogP contribution in [0.2, 0.25) is 10.0 Å². The lowest BCUT2D eigenvalue weighted by Crippen LogP contribution is -2.39. The molecule has 17 heavy (non-hydrogen) atoms. The fourth-order valence-electron chi connectivity index (χ4n) is 1.78. The number of carbonyl (C=O) groups is 1. The molecule has 0 atom stereocenters. The monoisotopic (exact) mass is 273 g/mol. The van der Waals surface area contributed by atoms with Crippen molar-refractivity contribution in [2.75, 3.05) is 13.2 Å². The van der Waals surface area contributed by atoms with Gasteiger partial charge in [-0.2, -0.15) is 0 Å². The highest BCUT2D eigenvalue weighted by Crippen LogP contribution is 2.25. The van der Waals surface area contributed by atoms with Crippen LogP contribution in [0.25, 0.3) is 0 Å². The van der Waals surface area contributed by atoms with Crippen LogP contribution in [0.5, 0.6) is 0 Å². The zero-order valence-corrected chi connectivity index (χ0v) is 10.7. The van der Waals surface area contributed by atoms with Crippen LogP contribution in [0, 0.1) is 0 Å². The summed E-state index contributed by atoms with van der Waals surface area (Å²) in [6, 6.07) is 5.21. The van der Waals surface area contributed by atoms with Gasteiger partial charge in [0, 0.05) is 19.3 Å². The van der Waals surface area contributed by atoms with Crippen LogP contribution >= 0.6 is 23.2 Å². The van der Waals surface area contributed by atoms with Crippen molar-refractivity contribution in [3.8, 4) is 0 Å². The molecular formula is C12H13Cl2NO2. The molecule has 2 rings (SSSR count). The van der Waals surface area contributed by atoms with Crippen molar-refractivity contribution < 1.29 is 9.53 Å². The van der Waals surface area contributed by atoms with Crippen LogP contribution < -0.4 is 5.32 Å². The van der Waals surface area contributed by atoms with E-state index in [1.807, 2.05) is 0 Å². The molecular weight excluding hydrogens is 261 g/mol. The first kappa shape index (κ1) is 12.7. The zero-order valence-electron chi connectivity index (χ0n) is 9.21.